The first-order valence-corrected chi connectivity index (χ1v) is 22.7. The van der Waals surface area contributed by atoms with Crippen LogP contribution >= 0.6 is 0 Å². The lowest BCUT2D eigenvalue weighted by Crippen LogP contribution is -2.45. The summed E-state index contributed by atoms with van der Waals surface area (Å²) in [7, 11) is 0. The third kappa shape index (κ3) is 38.5. The number of amides is 1. The predicted molar refractivity (Wildman–Crippen MR) is 216 cm³/mol. The molecule has 0 spiro atoms. The zero-order valence-corrected chi connectivity index (χ0v) is 33.7. The SMILES string of the molecule is CCCCCCCCCCCCCCCCCCCCCCCCCCCCC(=O)N[C@@H](CO)[C@H](O)CCCCCCCCCCCCC. The molecule has 0 aliphatic rings. The van der Waals surface area contributed by atoms with E-state index in [4.69, 9.17) is 0 Å². The maximum atomic E-state index is 12.4. The fraction of sp³-hybridized carbons (Fsp3) is 0.978. The smallest absolute Gasteiger partial charge is 0.220 e. The Labute approximate surface area is 308 Å². The lowest BCUT2D eigenvalue weighted by Gasteiger charge is -2.22. The number of aliphatic hydroxyl groups excluding tert-OH is 2. The lowest BCUT2D eigenvalue weighted by atomic mass is 10.0. The molecule has 294 valence electrons. The number of carbonyl (C=O) groups is 1. The molecule has 0 saturated heterocycles. The van der Waals surface area contributed by atoms with Crippen molar-refractivity contribution in [2.24, 2.45) is 0 Å². The summed E-state index contributed by atoms with van der Waals surface area (Å²) in [6, 6.07) is -0.528. The average Bonchev–Trinajstić information content (AvgIpc) is 3.10. The van der Waals surface area contributed by atoms with Crippen molar-refractivity contribution in [2.75, 3.05) is 6.61 Å². The van der Waals surface area contributed by atoms with Crippen LogP contribution < -0.4 is 5.32 Å². The second kappa shape index (κ2) is 41.8. The van der Waals surface area contributed by atoms with Gasteiger partial charge in [-0.05, 0) is 12.8 Å². The quantitative estimate of drug-likeness (QED) is 0.0557. The van der Waals surface area contributed by atoms with Crippen molar-refractivity contribution in [1.29, 1.82) is 0 Å². The fourth-order valence-electron chi connectivity index (χ4n) is 7.36. The third-order valence-corrected chi connectivity index (χ3v) is 10.9. The van der Waals surface area contributed by atoms with Gasteiger partial charge in [0, 0.05) is 6.42 Å². The molecule has 0 fully saturated rings. The molecule has 0 aromatic rings. The molecular weight excluding hydrogens is 602 g/mol. The normalized spacial score (nSPS) is 12.8. The van der Waals surface area contributed by atoms with Crippen LogP contribution in [0.25, 0.3) is 0 Å². The molecule has 4 nitrogen and oxygen atoms in total. The van der Waals surface area contributed by atoms with E-state index in [-0.39, 0.29) is 12.5 Å². The summed E-state index contributed by atoms with van der Waals surface area (Å²) in [6.45, 7) is 4.37. The van der Waals surface area contributed by atoms with Crippen LogP contribution in [0.3, 0.4) is 0 Å². The van der Waals surface area contributed by atoms with E-state index in [0.717, 1.165) is 25.7 Å². The van der Waals surface area contributed by atoms with Crippen molar-refractivity contribution in [3.8, 4) is 0 Å². The molecule has 49 heavy (non-hydrogen) atoms. The Kier molecular flexibility index (Phi) is 41.3. The minimum Gasteiger partial charge on any atom is -0.394 e. The molecule has 0 aliphatic heterocycles. The molecule has 1 amide bonds. The predicted octanol–water partition coefficient (Wildman–Crippen LogP) is 14.1. The van der Waals surface area contributed by atoms with E-state index < -0.39 is 12.1 Å². The zero-order valence-electron chi connectivity index (χ0n) is 33.7. The molecular formula is C45H91NO3. The van der Waals surface area contributed by atoms with Gasteiger partial charge in [0.05, 0.1) is 18.8 Å². The first-order valence-electron chi connectivity index (χ1n) is 22.7. The first kappa shape index (κ1) is 48.4. The van der Waals surface area contributed by atoms with E-state index in [1.807, 2.05) is 0 Å². The molecule has 0 saturated carbocycles. The number of hydrogen-bond donors (Lipinski definition) is 3. The van der Waals surface area contributed by atoms with Crippen molar-refractivity contribution in [2.45, 2.75) is 276 Å². The van der Waals surface area contributed by atoms with E-state index in [1.54, 1.807) is 0 Å². The maximum Gasteiger partial charge on any atom is 0.220 e. The Balaban J connectivity index is 3.39. The summed E-state index contributed by atoms with van der Waals surface area (Å²) in [5.41, 5.74) is 0. The number of nitrogens with one attached hydrogen (secondary N) is 1. The molecule has 0 aromatic heterocycles. The van der Waals surface area contributed by atoms with E-state index in [9.17, 15) is 15.0 Å². The van der Waals surface area contributed by atoms with Crippen LogP contribution in [0.15, 0.2) is 0 Å². The number of carbonyl (C=O) groups excluding carboxylic acids is 1. The number of hydrogen-bond acceptors (Lipinski definition) is 3. The van der Waals surface area contributed by atoms with E-state index in [0.29, 0.717) is 12.8 Å². The van der Waals surface area contributed by atoms with Crippen LogP contribution in [-0.4, -0.2) is 34.9 Å². The lowest BCUT2D eigenvalue weighted by molar-refractivity contribution is -0.123. The van der Waals surface area contributed by atoms with E-state index >= 15 is 0 Å². The van der Waals surface area contributed by atoms with Crippen LogP contribution in [-0.2, 0) is 4.79 Å². The Hall–Kier alpha value is -0.610. The number of unbranched alkanes of at least 4 members (excludes halogenated alkanes) is 35. The van der Waals surface area contributed by atoms with Crippen LogP contribution in [0.1, 0.15) is 264 Å². The zero-order chi connectivity index (χ0) is 35.7. The maximum absolute atomic E-state index is 12.4. The Morgan fingerprint density at radius 2 is 0.653 bits per heavy atom. The molecule has 4 heteroatoms. The summed E-state index contributed by atoms with van der Waals surface area (Å²) >= 11 is 0. The van der Waals surface area contributed by atoms with Crippen molar-refractivity contribution in [1.82, 2.24) is 5.32 Å². The summed E-state index contributed by atoms with van der Waals surface area (Å²) in [4.78, 5) is 12.4. The highest BCUT2D eigenvalue weighted by Crippen LogP contribution is 2.17. The van der Waals surface area contributed by atoms with Gasteiger partial charge in [-0.3, -0.25) is 4.79 Å². The molecule has 0 heterocycles. The van der Waals surface area contributed by atoms with Crippen molar-refractivity contribution >= 4 is 5.91 Å². The minimum absolute atomic E-state index is 0.0265. The molecule has 0 aliphatic carbocycles. The van der Waals surface area contributed by atoms with Gasteiger partial charge in [0.15, 0.2) is 0 Å². The summed E-state index contributed by atoms with van der Waals surface area (Å²) in [6.07, 6.45) is 50.5. The molecule has 0 rings (SSSR count). The van der Waals surface area contributed by atoms with Gasteiger partial charge >= 0.3 is 0 Å². The Bertz CT molecular complexity index is 626. The van der Waals surface area contributed by atoms with Crippen molar-refractivity contribution < 1.29 is 15.0 Å². The summed E-state index contributed by atoms with van der Waals surface area (Å²) < 4.78 is 0. The molecule has 0 unspecified atom stereocenters. The highest BCUT2D eigenvalue weighted by molar-refractivity contribution is 5.76. The van der Waals surface area contributed by atoms with Gasteiger partial charge in [0.2, 0.25) is 5.91 Å². The summed E-state index contributed by atoms with van der Waals surface area (Å²) in [5.74, 6) is -0.0265. The van der Waals surface area contributed by atoms with E-state index in [1.165, 1.54) is 212 Å². The topological polar surface area (TPSA) is 69.6 Å². The van der Waals surface area contributed by atoms with Crippen LogP contribution in [0.2, 0.25) is 0 Å². The van der Waals surface area contributed by atoms with E-state index in [2.05, 4.69) is 19.2 Å². The first-order chi connectivity index (χ1) is 24.2. The molecule has 0 radical (unpaired) electrons. The number of rotatable bonds is 42. The van der Waals surface area contributed by atoms with Gasteiger partial charge in [-0.25, -0.2) is 0 Å². The fourth-order valence-corrected chi connectivity index (χ4v) is 7.36. The molecule has 0 bridgehead atoms. The van der Waals surface area contributed by atoms with Gasteiger partial charge in [0.25, 0.3) is 0 Å². The largest absolute Gasteiger partial charge is 0.394 e. The highest BCUT2D eigenvalue weighted by Gasteiger charge is 2.20. The number of aliphatic hydroxyl groups is 2. The van der Waals surface area contributed by atoms with Crippen molar-refractivity contribution in [3.05, 3.63) is 0 Å². The van der Waals surface area contributed by atoms with Crippen LogP contribution in [0.5, 0.6) is 0 Å². The standard InChI is InChI=1S/C45H91NO3/c1-3-5-7-9-11-13-15-16-17-18-19-20-21-22-23-24-25-26-27-28-29-31-33-35-37-39-41-45(49)46-43(42-47)44(48)40-38-36-34-32-30-14-12-10-8-6-4-2/h43-44,47-48H,3-42H2,1-2H3,(H,46,49)/t43-,44+/m0/s1. The Morgan fingerprint density at radius 1 is 0.408 bits per heavy atom. The Morgan fingerprint density at radius 3 is 0.918 bits per heavy atom. The monoisotopic (exact) mass is 694 g/mol. The minimum atomic E-state index is -0.651. The van der Waals surface area contributed by atoms with Gasteiger partial charge < -0.3 is 15.5 Å². The molecule has 0 aromatic carbocycles. The van der Waals surface area contributed by atoms with Gasteiger partial charge in [-0.2, -0.15) is 0 Å². The van der Waals surface area contributed by atoms with Gasteiger partial charge in [-0.15, -0.1) is 0 Å². The third-order valence-electron chi connectivity index (χ3n) is 10.9. The van der Waals surface area contributed by atoms with Gasteiger partial charge in [0.1, 0.15) is 0 Å². The molecule has 2 atom stereocenters. The summed E-state index contributed by atoms with van der Waals surface area (Å²) in [5, 5.41) is 23.1. The van der Waals surface area contributed by atoms with Crippen molar-refractivity contribution in [3.63, 3.8) is 0 Å². The highest BCUT2D eigenvalue weighted by atomic mass is 16.3. The molecule has 3 N–H and O–H groups in total. The van der Waals surface area contributed by atoms with Crippen LogP contribution in [0, 0.1) is 0 Å². The second-order valence-corrected chi connectivity index (χ2v) is 15.8. The van der Waals surface area contributed by atoms with Crippen LogP contribution in [0.4, 0.5) is 0 Å². The second-order valence-electron chi connectivity index (χ2n) is 15.8. The average molecular weight is 694 g/mol. The van der Waals surface area contributed by atoms with Gasteiger partial charge in [-0.1, -0.05) is 245 Å².